The number of aliphatic hydroxyl groups excluding tert-OH is 1. The number of piperidine rings is 1. The summed E-state index contributed by atoms with van der Waals surface area (Å²) in [6, 6.07) is 4.83. The SMILES string of the molecule is CCNC(=NCC1CCN(Cc2cccs2)CC1)NC1CCC(O)CC1.I. The van der Waals surface area contributed by atoms with Crippen LogP contribution in [0.1, 0.15) is 50.3 Å². The minimum absolute atomic E-state index is 0. The lowest BCUT2D eigenvalue weighted by atomic mass is 9.93. The van der Waals surface area contributed by atoms with Crippen LogP contribution in [0.15, 0.2) is 22.5 Å². The zero-order chi connectivity index (χ0) is 18.2. The maximum absolute atomic E-state index is 9.66. The van der Waals surface area contributed by atoms with E-state index >= 15 is 0 Å². The van der Waals surface area contributed by atoms with Gasteiger partial charge in [-0.05, 0) is 75.9 Å². The summed E-state index contributed by atoms with van der Waals surface area (Å²) >= 11 is 1.86. The number of rotatable bonds is 6. The number of aliphatic hydroxyl groups is 1. The van der Waals surface area contributed by atoms with Gasteiger partial charge >= 0.3 is 0 Å². The number of hydrogen-bond acceptors (Lipinski definition) is 4. The Morgan fingerprint density at radius 2 is 1.96 bits per heavy atom. The number of nitrogens with one attached hydrogen (secondary N) is 2. The zero-order valence-electron chi connectivity index (χ0n) is 16.4. The predicted octanol–water partition coefficient (Wildman–Crippen LogP) is 3.44. The Hall–Kier alpha value is -0.380. The first-order chi connectivity index (χ1) is 12.7. The Morgan fingerprint density at radius 1 is 1.22 bits per heavy atom. The van der Waals surface area contributed by atoms with Gasteiger partial charge in [0.2, 0.25) is 0 Å². The maximum Gasteiger partial charge on any atom is 0.191 e. The Morgan fingerprint density at radius 3 is 2.59 bits per heavy atom. The fraction of sp³-hybridized carbons (Fsp3) is 0.750. The van der Waals surface area contributed by atoms with E-state index in [0.717, 1.165) is 51.3 Å². The van der Waals surface area contributed by atoms with Crippen LogP contribution in [0.3, 0.4) is 0 Å². The Balaban J connectivity index is 0.00000261. The number of nitrogens with zero attached hydrogens (tertiary/aromatic N) is 2. The minimum Gasteiger partial charge on any atom is -0.393 e. The zero-order valence-corrected chi connectivity index (χ0v) is 19.5. The first-order valence-corrected chi connectivity index (χ1v) is 11.1. The Labute approximate surface area is 185 Å². The largest absolute Gasteiger partial charge is 0.393 e. The van der Waals surface area contributed by atoms with E-state index in [1.807, 2.05) is 11.3 Å². The quantitative estimate of drug-likeness (QED) is 0.315. The molecule has 1 aromatic rings. The van der Waals surface area contributed by atoms with Gasteiger partial charge in [-0.1, -0.05) is 6.07 Å². The Kier molecular flexibility index (Phi) is 10.4. The molecule has 7 heteroatoms. The van der Waals surface area contributed by atoms with E-state index in [0.29, 0.717) is 12.0 Å². The molecule has 3 N–H and O–H groups in total. The molecule has 0 atom stereocenters. The highest BCUT2D eigenvalue weighted by atomic mass is 127. The fourth-order valence-corrected chi connectivity index (χ4v) is 4.65. The molecule has 154 valence electrons. The predicted molar refractivity (Wildman–Crippen MR) is 125 cm³/mol. The van der Waals surface area contributed by atoms with Gasteiger partial charge in [0.1, 0.15) is 0 Å². The van der Waals surface area contributed by atoms with Crippen LogP contribution in [-0.2, 0) is 6.54 Å². The summed E-state index contributed by atoms with van der Waals surface area (Å²) in [7, 11) is 0. The monoisotopic (exact) mass is 506 g/mol. The van der Waals surface area contributed by atoms with E-state index in [4.69, 9.17) is 4.99 Å². The molecule has 1 saturated heterocycles. The van der Waals surface area contributed by atoms with Gasteiger partial charge < -0.3 is 15.7 Å². The summed E-state index contributed by atoms with van der Waals surface area (Å²) in [5.41, 5.74) is 0. The summed E-state index contributed by atoms with van der Waals surface area (Å²) in [5, 5.41) is 18.8. The first-order valence-electron chi connectivity index (χ1n) is 10.2. The second-order valence-corrected chi connectivity index (χ2v) is 8.70. The van der Waals surface area contributed by atoms with Gasteiger partial charge in [-0.15, -0.1) is 35.3 Å². The van der Waals surface area contributed by atoms with Crippen LogP contribution < -0.4 is 10.6 Å². The van der Waals surface area contributed by atoms with Crippen molar-refractivity contribution in [1.29, 1.82) is 0 Å². The first kappa shape index (κ1) is 22.9. The standard InChI is InChI=1S/C20H34N4OS.HI/c1-2-21-20(23-17-5-7-18(25)8-6-17)22-14-16-9-11-24(12-10-16)15-19-4-3-13-26-19;/h3-4,13,16-18,25H,2,5-12,14-15H2,1H3,(H2,21,22,23);1H. The number of hydrogen-bond donors (Lipinski definition) is 3. The number of thiophene rings is 1. The third-order valence-corrected chi connectivity index (χ3v) is 6.42. The van der Waals surface area contributed by atoms with E-state index in [2.05, 4.69) is 40.0 Å². The molecule has 0 aromatic carbocycles. The lowest BCUT2D eigenvalue weighted by molar-refractivity contribution is 0.120. The van der Waals surface area contributed by atoms with Crippen molar-refractivity contribution in [2.75, 3.05) is 26.2 Å². The third kappa shape index (κ3) is 7.87. The lowest BCUT2D eigenvalue weighted by Crippen LogP contribution is -2.45. The van der Waals surface area contributed by atoms with E-state index in [-0.39, 0.29) is 30.1 Å². The van der Waals surface area contributed by atoms with Crippen LogP contribution in [0.2, 0.25) is 0 Å². The molecule has 27 heavy (non-hydrogen) atoms. The normalized spacial score (nSPS) is 25.0. The summed E-state index contributed by atoms with van der Waals surface area (Å²) in [5.74, 6) is 1.65. The van der Waals surface area contributed by atoms with Gasteiger partial charge in [-0.3, -0.25) is 9.89 Å². The molecule has 2 heterocycles. The van der Waals surface area contributed by atoms with E-state index in [9.17, 15) is 5.11 Å². The Bertz CT molecular complexity index is 538. The molecule has 2 fully saturated rings. The van der Waals surface area contributed by atoms with E-state index < -0.39 is 0 Å². The molecule has 3 rings (SSSR count). The summed E-state index contributed by atoms with van der Waals surface area (Å²) in [6.07, 6.45) is 6.25. The van der Waals surface area contributed by atoms with Gasteiger partial charge in [-0.25, -0.2) is 0 Å². The molecule has 0 radical (unpaired) electrons. The van der Waals surface area contributed by atoms with Crippen LogP contribution in [-0.4, -0.2) is 54.3 Å². The van der Waals surface area contributed by atoms with Gasteiger partial charge in [0, 0.05) is 30.6 Å². The van der Waals surface area contributed by atoms with Crippen LogP contribution in [0.4, 0.5) is 0 Å². The molecule has 0 bridgehead atoms. The summed E-state index contributed by atoms with van der Waals surface area (Å²) < 4.78 is 0. The summed E-state index contributed by atoms with van der Waals surface area (Å²) in [6.45, 7) is 7.39. The van der Waals surface area contributed by atoms with E-state index in [1.165, 1.54) is 30.8 Å². The fourth-order valence-electron chi connectivity index (χ4n) is 3.90. The molecule has 1 aliphatic carbocycles. The molecule has 5 nitrogen and oxygen atoms in total. The van der Waals surface area contributed by atoms with Gasteiger partial charge in [0.05, 0.1) is 6.10 Å². The molecule has 0 spiro atoms. The molecule has 0 amide bonds. The molecule has 1 saturated carbocycles. The van der Waals surface area contributed by atoms with Crippen molar-refractivity contribution >= 4 is 41.3 Å². The molecular formula is C20H35IN4OS. The van der Waals surface area contributed by atoms with Crippen molar-refractivity contribution in [3.63, 3.8) is 0 Å². The van der Waals surface area contributed by atoms with Crippen LogP contribution >= 0.6 is 35.3 Å². The highest BCUT2D eigenvalue weighted by molar-refractivity contribution is 14.0. The van der Waals surface area contributed by atoms with Crippen LogP contribution in [0.5, 0.6) is 0 Å². The molecular weight excluding hydrogens is 471 g/mol. The minimum atomic E-state index is -0.105. The van der Waals surface area contributed by atoms with Crippen molar-refractivity contribution in [1.82, 2.24) is 15.5 Å². The lowest BCUT2D eigenvalue weighted by Gasteiger charge is -2.31. The number of halogens is 1. The maximum atomic E-state index is 9.66. The third-order valence-electron chi connectivity index (χ3n) is 5.56. The van der Waals surface area contributed by atoms with Gasteiger partial charge in [-0.2, -0.15) is 0 Å². The van der Waals surface area contributed by atoms with Crippen LogP contribution in [0, 0.1) is 5.92 Å². The smallest absolute Gasteiger partial charge is 0.191 e. The van der Waals surface area contributed by atoms with E-state index in [1.54, 1.807) is 0 Å². The molecule has 2 aliphatic rings. The highest BCUT2D eigenvalue weighted by Gasteiger charge is 2.21. The average Bonchev–Trinajstić information content (AvgIpc) is 3.16. The molecule has 0 unspecified atom stereocenters. The topological polar surface area (TPSA) is 59.9 Å². The molecule has 1 aliphatic heterocycles. The number of likely N-dealkylation sites (tertiary alicyclic amines) is 1. The second kappa shape index (κ2) is 12.2. The van der Waals surface area contributed by atoms with Crippen molar-refractivity contribution in [3.8, 4) is 0 Å². The van der Waals surface area contributed by atoms with Crippen molar-refractivity contribution in [2.45, 2.75) is 64.1 Å². The average molecular weight is 506 g/mol. The van der Waals surface area contributed by atoms with Crippen molar-refractivity contribution in [2.24, 2.45) is 10.9 Å². The van der Waals surface area contributed by atoms with Gasteiger partial charge in [0.25, 0.3) is 0 Å². The van der Waals surface area contributed by atoms with Crippen molar-refractivity contribution < 1.29 is 5.11 Å². The number of aliphatic imine (C=N–C) groups is 1. The summed E-state index contributed by atoms with van der Waals surface area (Å²) in [4.78, 5) is 8.91. The van der Waals surface area contributed by atoms with Gasteiger partial charge in [0.15, 0.2) is 5.96 Å². The van der Waals surface area contributed by atoms with Crippen LogP contribution in [0.25, 0.3) is 0 Å². The highest BCUT2D eigenvalue weighted by Crippen LogP contribution is 2.21. The second-order valence-electron chi connectivity index (χ2n) is 7.67. The van der Waals surface area contributed by atoms with Crippen molar-refractivity contribution in [3.05, 3.63) is 22.4 Å². The molecule has 1 aromatic heterocycles. The number of guanidine groups is 1.